The van der Waals surface area contributed by atoms with Crippen LogP contribution in [0.25, 0.3) is 11.1 Å². The zero-order valence-electron chi connectivity index (χ0n) is 10.1. The summed E-state index contributed by atoms with van der Waals surface area (Å²) in [5, 5.41) is 0. The first-order chi connectivity index (χ1) is 9.19. The summed E-state index contributed by atoms with van der Waals surface area (Å²) in [7, 11) is 0. The quantitative estimate of drug-likeness (QED) is 0.689. The molecule has 0 atom stereocenters. The van der Waals surface area contributed by atoms with Crippen LogP contribution in [-0.2, 0) is 4.79 Å². The van der Waals surface area contributed by atoms with Crippen molar-refractivity contribution in [3.05, 3.63) is 65.7 Å². The Morgan fingerprint density at radius 3 is 2.11 bits per heavy atom. The van der Waals surface area contributed by atoms with Crippen LogP contribution in [0.1, 0.15) is 0 Å². The van der Waals surface area contributed by atoms with Gasteiger partial charge in [0.25, 0.3) is 5.91 Å². The lowest BCUT2D eigenvalue weighted by Crippen LogP contribution is -2.24. The van der Waals surface area contributed by atoms with Gasteiger partial charge in [-0.15, -0.1) is 0 Å². The molecule has 0 radical (unpaired) electrons. The molecule has 1 amide bonds. The van der Waals surface area contributed by atoms with Crippen LogP contribution in [0.15, 0.2) is 65.7 Å². The third kappa shape index (κ3) is 3.69. The fourth-order valence-electron chi connectivity index (χ4n) is 1.51. The lowest BCUT2D eigenvalue weighted by molar-refractivity contribution is -0.122. The number of nitrogens with one attached hydrogen (secondary N) is 1. The van der Waals surface area contributed by atoms with Crippen molar-refractivity contribution in [1.29, 1.82) is 0 Å². The summed E-state index contributed by atoms with van der Waals surface area (Å²) < 4.78 is 1.04. The molecule has 4 heteroatoms. The summed E-state index contributed by atoms with van der Waals surface area (Å²) in [6, 6.07) is 15.5. The maximum atomic E-state index is 10.9. The maximum absolute atomic E-state index is 10.9. The molecule has 2 rings (SSSR count). The Kier molecular flexibility index (Phi) is 4.36. The highest BCUT2D eigenvalue weighted by Gasteiger charge is 2.00. The van der Waals surface area contributed by atoms with Crippen molar-refractivity contribution in [2.24, 2.45) is 0 Å². The summed E-state index contributed by atoms with van der Waals surface area (Å²) >= 11 is 3.40. The molecular formula is C15H12BrNO2. The largest absolute Gasteiger partial charge is 0.379 e. The molecule has 0 heterocycles. The monoisotopic (exact) mass is 317 g/mol. The molecule has 0 unspecified atom stereocenters. The van der Waals surface area contributed by atoms with Crippen molar-refractivity contribution in [2.45, 2.75) is 0 Å². The molecule has 0 aliphatic rings. The van der Waals surface area contributed by atoms with Crippen LogP contribution in [0.3, 0.4) is 0 Å². The SMILES string of the molecule is C=CC(=O)NOc1ccc(-c2ccc(Br)cc2)cc1. The molecule has 0 aromatic heterocycles. The third-order valence-electron chi connectivity index (χ3n) is 2.49. The fourth-order valence-corrected chi connectivity index (χ4v) is 1.77. The van der Waals surface area contributed by atoms with Gasteiger partial charge in [-0.2, -0.15) is 5.48 Å². The van der Waals surface area contributed by atoms with Crippen molar-refractivity contribution in [1.82, 2.24) is 5.48 Å². The second kappa shape index (κ2) is 6.20. The minimum atomic E-state index is -0.378. The van der Waals surface area contributed by atoms with Gasteiger partial charge in [0.2, 0.25) is 0 Å². The lowest BCUT2D eigenvalue weighted by atomic mass is 10.1. The van der Waals surface area contributed by atoms with Gasteiger partial charge in [0.1, 0.15) is 0 Å². The first-order valence-corrected chi connectivity index (χ1v) is 6.43. The molecule has 0 aliphatic heterocycles. The van der Waals surface area contributed by atoms with E-state index >= 15 is 0 Å². The minimum absolute atomic E-state index is 0.378. The van der Waals surface area contributed by atoms with Crippen molar-refractivity contribution in [3.63, 3.8) is 0 Å². The van der Waals surface area contributed by atoms with Gasteiger partial charge in [0, 0.05) is 4.47 Å². The first-order valence-electron chi connectivity index (χ1n) is 5.64. The van der Waals surface area contributed by atoms with Gasteiger partial charge in [-0.25, -0.2) is 0 Å². The molecule has 0 spiro atoms. The van der Waals surface area contributed by atoms with Gasteiger partial charge in [0.05, 0.1) is 0 Å². The van der Waals surface area contributed by atoms with E-state index in [4.69, 9.17) is 4.84 Å². The van der Waals surface area contributed by atoms with Gasteiger partial charge in [-0.1, -0.05) is 46.8 Å². The molecule has 96 valence electrons. The minimum Gasteiger partial charge on any atom is -0.379 e. The van der Waals surface area contributed by atoms with Gasteiger partial charge >= 0.3 is 0 Å². The summed E-state index contributed by atoms with van der Waals surface area (Å²) in [5.74, 6) is 0.188. The Balaban J connectivity index is 2.07. The van der Waals surface area contributed by atoms with Crippen LogP contribution in [-0.4, -0.2) is 5.91 Å². The van der Waals surface area contributed by atoms with Crippen LogP contribution in [0.5, 0.6) is 5.75 Å². The zero-order valence-corrected chi connectivity index (χ0v) is 11.7. The van der Waals surface area contributed by atoms with E-state index in [1.807, 2.05) is 36.4 Å². The lowest BCUT2D eigenvalue weighted by Gasteiger charge is -2.06. The average molecular weight is 318 g/mol. The van der Waals surface area contributed by atoms with Crippen LogP contribution in [0.2, 0.25) is 0 Å². The molecule has 2 aromatic rings. The Labute approximate surface area is 120 Å². The number of amides is 1. The summed E-state index contributed by atoms with van der Waals surface area (Å²) in [6.45, 7) is 3.34. The molecule has 19 heavy (non-hydrogen) atoms. The summed E-state index contributed by atoms with van der Waals surface area (Å²) in [4.78, 5) is 16.0. The third-order valence-corrected chi connectivity index (χ3v) is 3.02. The van der Waals surface area contributed by atoms with Crippen LogP contribution in [0, 0.1) is 0 Å². The van der Waals surface area contributed by atoms with Gasteiger partial charge in [0.15, 0.2) is 5.75 Å². The molecule has 0 bridgehead atoms. The number of carbonyl (C=O) groups is 1. The Morgan fingerprint density at radius 2 is 1.58 bits per heavy atom. The molecule has 0 saturated carbocycles. The Hall–Kier alpha value is -2.07. The van der Waals surface area contributed by atoms with E-state index in [-0.39, 0.29) is 5.91 Å². The van der Waals surface area contributed by atoms with Crippen molar-refractivity contribution in [2.75, 3.05) is 0 Å². The summed E-state index contributed by atoms with van der Waals surface area (Å²) in [6.07, 6.45) is 1.15. The summed E-state index contributed by atoms with van der Waals surface area (Å²) in [5.41, 5.74) is 4.45. The van der Waals surface area contributed by atoms with Crippen molar-refractivity contribution < 1.29 is 9.63 Å². The predicted octanol–water partition coefficient (Wildman–Crippen LogP) is 3.71. The highest BCUT2D eigenvalue weighted by Crippen LogP contribution is 2.23. The zero-order chi connectivity index (χ0) is 13.7. The molecule has 0 aliphatic carbocycles. The normalized spacial score (nSPS) is 9.74. The smallest absolute Gasteiger partial charge is 0.276 e. The van der Waals surface area contributed by atoms with E-state index in [0.717, 1.165) is 21.7 Å². The molecule has 0 saturated heterocycles. The van der Waals surface area contributed by atoms with Gasteiger partial charge < -0.3 is 4.84 Å². The number of halogens is 1. The number of hydrogen-bond donors (Lipinski definition) is 1. The molecule has 0 fully saturated rings. The topological polar surface area (TPSA) is 38.3 Å². The first kappa shape index (κ1) is 13.4. The fraction of sp³-hybridized carbons (Fsp3) is 0. The van der Waals surface area contributed by atoms with E-state index in [1.54, 1.807) is 12.1 Å². The molecular weight excluding hydrogens is 306 g/mol. The Morgan fingerprint density at radius 1 is 1.05 bits per heavy atom. The van der Waals surface area contributed by atoms with E-state index in [2.05, 4.69) is 28.0 Å². The molecule has 1 N–H and O–H groups in total. The van der Waals surface area contributed by atoms with E-state index in [1.165, 1.54) is 0 Å². The highest BCUT2D eigenvalue weighted by atomic mass is 79.9. The second-order valence-electron chi connectivity index (χ2n) is 3.80. The van der Waals surface area contributed by atoms with Crippen molar-refractivity contribution >= 4 is 21.8 Å². The molecule has 2 aromatic carbocycles. The maximum Gasteiger partial charge on any atom is 0.276 e. The van der Waals surface area contributed by atoms with E-state index in [9.17, 15) is 4.79 Å². The van der Waals surface area contributed by atoms with Crippen LogP contribution in [0.4, 0.5) is 0 Å². The van der Waals surface area contributed by atoms with Gasteiger partial charge in [-0.05, 0) is 41.5 Å². The highest BCUT2D eigenvalue weighted by molar-refractivity contribution is 9.10. The number of benzene rings is 2. The Bertz CT molecular complexity index is 576. The standard InChI is InChI=1S/C15H12BrNO2/c1-2-15(18)17-19-14-9-5-12(6-10-14)11-3-7-13(16)8-4-11/h2-10H,1H2,(H,17,18). The number of carbonyl (C=O) groups excluding carboxylic acids is 1. The van der Waals surface area contributed by atoms with Crippen LogP contribution < -0.4 is 10.3 Å². The predicted molar refractivity (Wildman–Crippen MR) is 78.5 cm³/mol. The molecule has 3 nitrogen and oxygen atoms in total. The number of hydrogen-bond acceptors (Lipinski definition) is 2. The number of rotatable bonds is 4. The van der Waals surface area contributed by atoms with E-state index in [0.29, 0.717) is 5.75 Å². The number of hydroxylamine groups is 1. The van der Waals surface area contributed by atoms with E-state index < -0.39 is 0 Å². The van der Waals surface area contributed by atoms with Gasteiger partial charge in [-0.3, -0.25) is 4.79 Å². The average Bonchev–Trinajstić information content (AvgIpc) is 2.46. The van der Waals surface area contributed by atoms with Crippen molar-refractivity contribution in [3.8, 4) is 16.9 Å². The van der Waals surface area contributed by atoms with Crippen LogP contribution >= 0.6 is 15.9 Å². The second-order valence-corrected chi connectivity index (χ2v) is 4.72.